The number of benzene rings is 3. The lowest BCUT2D eigenvalue weighted by molar-refractivity contribution is -0.139. The van der Waals surface area contributed by atoms with Gasteiger partial charge >= 0.3 is 5.97 Å². The predicted octanol–water partition coefficient (Wildman–Crippen LogP) is 5.90. The fraction of sp³-hybridized carbons (Fsp3) is 0.182. The van der Waals surface area contributed by atoms with Gasteiger partial charge in [-0.25, -0.2) is 14.2 Å². The number of nitrogens with zero attached hydrogens (tertiary/aromatic N) is 3. The summed E-state index contributed by atoms with van der Waals surface area (Å²) >= 11 is 7.76. The fourth-order valence-electron chi connectivity index (χ4n) is 5.52. The normalized spacial score (nSPS) is 15.2. The van der Waals surface area contributed by atoms with Crippen LogP contribution in [0.1, 0.15) is 42.3 Å². The first-order chi connectivity index (χ1) is 20.3. The maximum atomic E-state index is 14.1. The quantitative estimate of drug-likeness (QED) is 0.228. The van der Waals surface area contributed by atoms with Crippen LogP contribution in [-0.2, 0) is 16.1 Å². The van der Waals surface area contributed by atoms with Crippen LogP contribution in [0.3, 0.4) is 0 Å². The first-order valence-corrected chi connectivity index (χ1v) is 14.7. The van der Waals surface area contributed by atoms with Gasteiger partial charge in [-0.3, -0.25) is 9.36 Å². The van der Waals surface area contributed by atoms with Crippen LogP contribution < -0.4 is 14.9 Å². The summed E-state index contributed by atoms with van der Waals surface area (Å²) in [4.78, 5) is 32.3. The van der Waals surface area contributed by atoms with Gasteiger partial charge in [0.15, 0.2) is 4.80 Å². The highest BCUT2D eigenvalue weighted by Gasteiger charge is 2.33. The molecule has 1 atom stereocenters. The molecule has 0 spiro atoms. The topological polar surface area (TPSA) is 65.6 Å². The van der Waals surface area contributed by atoms with Crippen LogP contribution in [0, 0.1) is 12.7 Å². The molecule has 2 aromatic heterocycles. The Bertz CT molecular complexity index is 2070. The van der Waals surface area contributed by atoms with Crippen molar-refractivity contribution in [3.63, 3.8) is 0 Å². The molecule has 1 aliphatic rings. The molecule has 42 heavy (non-hydrogen) atoms. The highest BCUT2D eigenvalue weighted by atomic mass is 35.5. The Kier molecular flexibility index (Phi) is 7.43. The third-order valence-corrected chi connectivity index (χ3v) is 8.90. The molecule has 0 radical (unpaired) electrons. The molecule has 0 N–H and O–H groups in total. The van der Waals surface area contributed by atoms with Crippen LogP contribution in [-0.4, -0.2) is 21.7 Å². The average molecular weight is 600 g/mol. The van der Waals surface area contributed by atoms with Crippen molar-refractivity contribution < 1.29 is 13.9 Å². The van der Waals surface area contributed by atoms with Crippen LogP contribution in [0.5, 0.6) is 0 Å². The molecule has 0 unspecified atom stereocenters. The Morgan fingerprint density at radius 2 is 1.79 bits per heavy atom. The van der Waals surface area contributed by atoms with E-state index in [9.17, 15) is 14.0 Å². The van der Waals surface area contributed by atoms with Gasteiger partial charge in [0.1, 0.15) is 5.82 Å². The zero-order chi connectivity index (χ0) is 29.5. The molecule has 5 aromatic rings. The second kappa shape index (κ2) is 11.2. The molecule has 0 saturated heterocycles. The first-order valence-electron chi connectivity index (χ1n) is 13.5. The third kappa shape index (κ3) is 4.80. The largest absolute Gasteiger partial charge is 0.463 e. The molecule has 0 saturated carbocycles. The van der Waals surface area contributed by atoms with Crippen molar-refractivity contribution in [3.05, 3.63) is 137 Å². The second-order valence-electron chi connectivity index (χ2n) is 10.0. The van der Waals surface area contributed by atoms with Gasteiger partial charge in [-0.05, 0) is 62.2 Å². The van der Waals surface area contributed by atoms with Gasteiger partial charge in [0.2, 0.25) is 0 Å². The number of esters is 1. The molecule has 0 aliphatic carbocycles. The van der Waals surface area contributed by atoms with Crippen molar-refractivity contribution in [2.24, 2.45) is 4.99 Å². The Morgan fingerprint density at radius 1 is 1.07 bits per heavy atom. The summed E-state index contributed by atoms with van der Waals surface area (Å²) in [5.74, 6) is -0.964. The minimum Gasteiger partial charge on any atom is -0.463 e. The molecule has 6 nitrogen and oxygen atoms in total. The van der Waals surface area contributed by atoms with Gasteiger partial charge in [0.05, 0.1) is 28.5 Å². The van der Waals surface area contributed by atoms with Crippen LogP contribution >= 0.6 is 22.9 Å². The second-order valence-corrected chi connectivity index (χ2v) is 11.5. The Hall–Kier alpha value is -4.27. The van der Waals surface area contributed by atoms with E-state index in [1.165, 1.54) is 28.0 Å². The molecule has 212 valence electrons. The third-order valence-electron chi connectivity index (χ3n) is 7.54. The minimum atomic E-state index is -0.800. The zero-order valence-electron chi connectivity index (χ0n) is 23.2. The van der Waals surface area contributed by atoms with E-state index in [1.807, 2.05) is 55.5 Å². The molecule has 0 fully saturated rings. The maximum absolute atomic E-state index is 14.1. The Balaban J connectivity index is 1.55. The number of aromatic nitrogens is 2. The zero-order valence-corrected chi connectivity index (χ0v) is 24.8. The summed E-state index contributed by atoms with van der Waals surface area (Å²) in [5.41, 5.74) is 4.95. The summed E-state index contributed by atoms with van der Waals surface area (Å²) in [5, 5.41) is 1.70. The number of rotatable bonds is 6. The summed E-state index contributed by atoms with van der Waals surface area (Å²) < 4.78 is 23.4. The number of para-hydroxylation sites is 1. The number of ether oxygens (including phenoxy) is 1. The molecule has 0 bridgehead atoms. The molecule has 9 heteroatoms. The van der Waals surface area contributed by atoms with E-state index >= 15 is 0 Å². The number of carbonyl (C=O) groups excluding carboxylic acids is 1. The number of hydrogen-bond donors (Lipinski definition) is 0. The average Bonchev–Trinajstić information content (AvgIpc) is 3.42. The van der Waals surface area contributed by atoms with E-state index < -0.39 is 17.8 Å². The lowest BCUT2D eigenvalue weighted by atomic mass is 9.96. The van der Waals surface area contributed by atoms with E-state index in [4.69, 9.17) is 16.3 Å². The van der Waals surface area contributed by atoms with Gasteiger partial charge in [-0.2, -0.15) is 0 Å². The smallest absolute Gasteiger partial charge is 0.338 e. The predicted molar refractivity (Wildman–Crippen MR) is 164 cm³/mol. The summed E-state index contributed by atoms with van der Waals surface area (Å²) in [6.07, 6.45) is 1.90. The first kappa shape index (κ1) is 27.9. The molecular formula is C33H27ClFN3O3S. The van der Waals surface area contributed by atoms with Crippen LogP contribution in [0.4, 0.5) is 4.39 Å². The monoisotopic (exact) mass is 599 g/mol. The number of thiazole rings is 1. The molecule has 0 amide bonds. The van der Waals surface area contributed by atoms with E-state index in [-0.39, 0.29) is 17.7 Å². The summed E-state index contributed by atoms with van der Waals surface area (Å²) in [6, 6.07) is 20.8. The van der Waals surface area contributed by atoms with Crippen molar-refractivity contribution in [2.75, 3.05) is 6.61 Å². The van der Waals surface area contributed by atoms with E-state index in [0.29, 0.717) is 32.2 Å². The molecule has 3 heterocycles. The number of fused-ring (bicyclic) bond motifs is 2. The summed E-state index contributed by atoms with van der Waals surface area (Å²) in [6.45, 7) is 6.23. The molecular weight excluding hydrogens is 573 g/mol. The van der Waals surface area contributed by atoms with Crippen molar-refractivity contribution in [1.29, 1.82) is 0 Å². The Labute approximate surface area is 250 Å². The number of allylic oxidation sites excluding steroid dienone is 1. The minimum absolute atomic E-state index is 0.174. The highest BCUT2D eigenvalue weighted by molar-refractivity contribution is 7.07. The number of hydrogen-bond acceptors (Lipinski definition) is 5. The van der Waals surface area contributed by atoms with Crippen LogP contribution in [0.2, 0.25) is 5.02 Å². The van der Waals surface area contributed by atoms with Crippen LogP contribution in [0.25, 0.3) is 17.0 Å². The SMILES string of the molecule is CCOC(=O)C1=C(C)N=c2s/c(=C\c3c(C)n(Cc4ccccc4Cl)c4ccccc34)c(=O)n2[C@@H]1c1ccc(F)cc1. The van der Waals surface area contributed by atoms with E-state index in [0.717, 1.165) is 27.7 Å². The van der Waals surface area contributed by atoms with Crippen molar-refractivity contribution >= 4 is 45.9 Å². The highest BCUT2D eigenvalue weighted by Crippen LogP contribution is 2.32. The Morgan fingerprint density at radius 3 is 2.52 bits per heavy atom. The van der Waals surface area contributed by atoms with Gasteiger partial charge in [-0.1, -0.05) is 71.5 Å². The van der Waals surface area contributed by atoms with E-state index in [2.05, 4.69) is 15.6 Å². The molecule has 6 rings (SSSR count). The van der Waals surface area contributed by atoms with Gasteiger partial charge in [-0.15, -0.1) is 0 Å². The van der Waals surface area contributed by atoms with Crippen LogP contribution in [0.15, 0.2) is 93.9 Å². The van der Waals surface area contributed by atoms with E-state index in [1.54, 1.807) is 26.0 Å². The van der Waals surface area contributed by atoms with Gasteiger partial charge < -0.3 is 9.30 Å². The van der Waals surface area contributed by atoms with Crippen molar-refractivity contribution in [3.8, 4) is 0 Å². The fourth-order valence-corrected chi connectivity index (χ4v) is 6.75. The molecule has 3 aromatic carbocycles. The number of halogens is 2. The van der Waals surface area contributed by atoms with Gasteiger partial charge in [0, 0.05) is 33.7 Å². The lowest BCUT2D eigenvalue weighted by Gasteiger charge is -2.24. The lowest BCUT2D eigenvalue weighted by Crippen LogP contribution is -2.39. The maximum Gasteiger partial charge on any atom is 0.338 e. The van der Waals surface area contributed by atoms with Crippen molar-refractivity contribution in [1.82, 2.24) is 9.13 Å². The van der Waals surface area contributed by atoms with Gasteiger partial charge in [0.25, 0.3) is 5.56 Å². The van der Waals surface area contributed by atoms with Crippen molar-refractivity contribution in [2.45, 2.75) is 33.4 Å². The standard InChI is InChI=1S/C33H27ClFN3O3S/c1-4-41-32(40)29-19(2)36-33-38(30(29)21-13-15-23(35)16-14-21)31(39)28(42-33)17-25-20(3)37(27-12-8-6-10-24(25)27)18-22-9-5-7-11-26(22)34/h5-17,30H,4,18H2,1-3H3/b28-17-/t30-/m1/s1. The summed E-state index contributed by atoms with van der Waals surface area (Å²) in [7, 11) is 0. The number of carbonyl (C=O) groups is 1. The molecule has 1 aliphatic heterocycles.